The van der Waals surface area contributed by atoms with Crippen LogP contribution in [0.2, 0.25) is 0 Å². The molecule has 0 aliphatic rings. The van der Waals surface area contributed by atoms with E-state index in [9.17, 15) is 5.11 Å². The van der Waals surface area contributed by atoms with Crippen LogP contribution in [0.4, 0.5) is 0 Å². The summed E-state index contributed by atoms with van der Waals surface area (Å²) >= 11 is 0. The van der Waals surface area contributed by atoms with E-state index in [0.29, 0.717) is 18.0 Å². The summed E-state index contributed by atoms with van der Waals surface area (Å²) in [6.45, 7) is 4.60. The van der Waals surface area contributed by atoms with Crippen molar-refractivity contribution in [2.45, 2.75) is 25.9 Å². The summed E-state index contributed by atoms with van der Waals surface area (Å²) in [7, 11) is 5.14. The number of rotatable bonds is 6. The number of ether oxygens (including phenoxy) is 2. The van der Waals surface area contributed by atoms with Crippen molar-refractivity contribution in [3.8, 4) is 11.5 Å². The first-order valence-electron chi connectivity index (χ1n) is 5.84. The van der Waals surface area contributed by atoms with Crippen molar-refractivity contribution in [2.75, 3.05) is 27.9 Å². The lowest BCUT2D eigenvalue weighted by atomic mass is 10.0. The highest BCUT2D eigenvalue weighted by Gasteiger charge is 2.24. The molecule has 0 unspecified atom stereocenters. The Labute approximate surface area is 108 Å². The SMILES string of the molecule is COc1ccnc(CN(C)C(C)(C)CO)c1OC. The van der Waals surface area contributed by atoms with Crippen LogP contribution in [0.1, 0.15) is 19.5 Å². The number of aromatic nitrogens is 1. The predicted octanol–water partition coefficient (Wildman–Crippen LogP) is 1.30. The van der Waals surface area contributed by atoms with Crippen molar-refractivity contribution in [2.24, 2.45) is 0 Å². The van der Waals surface area contributed by atoms with Crippen molar-refractivity contribution >= 4 is 0 Å². The Balaban J connectivity index is 2.97. The van der Waals surface area contributed by atoms with Gasteiger partial charge in [0.15, 0.2) is 11.5 Å². The second kappa shape index (κ2) is 6.02. The molecule has 0 bridgehead atoms. The van der Waals surface area contributed by atoms with Crippen LogP contribution in [-0.2, 0) is 6.54 Å². The first-order valence-corrected chi connectivity index (χ1v) is 5.84. The summed E-state index contributed by atoms with van der Waals surface area (Å²) in [6, 6.07) is 1.76. The fourth-order valence-corrected chi connectivity index (χ4v) is 1.52. The first kappa shape index (κ1) is 14.7. The van der Waals surface area contributed by atoms with Crippen molar-refractivity contribution in [3.63, 3.8) is 0 Å². The molecule has 0 spiro atoms. The Bertz CT molecular complexity index is 394. The zero-order valence-electron chi connectivity index (χ0n) is 11.7. The molecule has 18 heavy (non-hydrogen) atoms. The number of hydrogen-bond donors (Lipinski definition) is 1. The van der Waals surface area contributed by atoms with Crippen molar-refractivity contribution in [1.29, 1.82) is 0 Å². The van der Waals surface area contributed by atoms with E-state index in [0.717, 1.165) is 5.69 Å². The fourth-order valence-electron chi connectivity index (χ4n) is 1.52. The lowest BCUT2D eigenvalue weighted by molar-refractivity contribution is 0.0717. The molecule has 0 aliphatic heterocycles. The molecule has 0 saturated carbocycles. The van der Waals surface area contributed by atoms with Gasteiger partial charge in [0.2, 0.25) is 0 Å². The zero-order valence-corrected chi connectivity index (χ0v) is 11.7. The van der Waals surface area contributed by atoms with Crippen LogP contribution >= 0.6 is 0 Å². The Hall–Kier alpha value is -1.33. The molecule has 0 amide bonds. The molecule has 0 atom stereocenters. The summed E-state index contributed by atoms with van der Waals surface area (Å²) in [5.74, 6) is 1.30. The molecule has 0 fully saturated rings. The second-order valence-electron chi connectivity index (χ2n) is 4.82. The van der Waals surface area contributed by atoms with Gasteiger partial charge < -0.3 is 14.6 Å². The summed E-state index contributed by atoms with van der Waals surface area (Å²) in [4.78, 5) is 6.34. The molecule has 5 nitrogen and oxygen atoms in total. The number of methoxy groups -OCH3 is 2. The Morgan fingerprint density at radius 3 is 2.50 bits per heavy atom. The molecule has 1 heterocycles. The molecule has 1 aromatic heterocycles. The van der Waals surface area contributed by atoms with Crippen LogP contribution < -0.4 is 9.47 Å². The minimum Gasteiger partial charge on any atom is -0.493 e. The van der Waals surface area contributed by atoms with Crippen molar-refractivity contribution in [1.82, 2.24) is 9.88 Å². The Kier molecular flexibility index (Phi) is 4.93. The Morgan fingerprint density at radius 1 is 1.33 bits per heavy atom. The van der Waals surface area contributed by atoms with Gasteiger partial charge in [0.05, 0.1) is 20.8 Å². The van der Waals surface area contributed by atoms with Gasteiger partial charge in [-0.1, -0.05) is 0 Å². The zero-order chi connectivity index (χ0) is 13.8. The van der Waals surface area contributed by atoms with E-state index in [2.05, 4.69) is 4.98 Å². The van der Waals surface area contributed by atoms with Gasteiger partial charge >= 0.3 is 0 Å². The lowest BCUT2D eigenvalue weighted by Crippen LogP contribution is -2.43. The number of nitrogens with zero attached hydrogens (tertiary/aromatic N) is 2. The van der Waals surface area contributed by atoms with Crippen LogP contribution in [0.15, 0.2) is 12.3 Å². The molecule has 5 heteroatoms. The second-order valence-corrected chi connectivity index (χ2v) is 4.82. The Morgan fingerprint density at radius 2 is 2.00 bits per heavy atom. The van der Waals surface area contributed by atoms with E-state index in [-0.39, 0.29) is 12.1 Å². The average molecular weight is 254 g/mol. The van der Waals surface area contributed by atoms with Gasteiger partial charge in [-0.3, -0.25) is 9.88 Å². The average Bonchev–Trinajstić information content (AvgIpc) is 2.38. The summed E-state index contributed by atoms with van der Waals surface area (Å²) in [6.07, 6.45) is 1.69. The molecule has 1 rings (SSSR count). The van der Waals surface area contributed by atoms with Gasteiger partial charge in [-0.2, -0.15) is 0 Å². The number of aliphatic hydroxyl groups excluding tert-OH is 1. The predicted molar refractivity (Wildman–Crippen MR) is 70.0 cm³/mol. The summed E-state index contributed by atoms with van der Waals surface area (Å²) in [5.41, 5.74) is 0.483. The van der Waals surface area contributed by atoms with E-state index >= 15 is 0 Å². The summed E-state index contributed by atoms with van der Waals surface area (Å²) < 4.78 is 10.6. The van der Waals surface area contributed by atoms with E-state index in [1.54, 1.807) is 26.5 Å². The molecule has 1 aromatic rings. The summed E-state index contributed by atoms with van der Waals surface area (Å²) in [5, 5.41) is 9.35. The van der Waals surface area contributed by atoms with Gasteiger partial charge in [-0.15, -0.1) is 0 Å². The van der Waals surface area contributed by atoms with Gasteiger partial charge in [0, 0.05) is 24.3 Å². The first-order chi connectivity index (χ1) is 8.46. The molecule has 0 aliphatic carbocycles. The lowest BCUT2D eigenvalue weighted by Gasteiger charge is -2.33. The minimum atomic E-state index is -0.310. The quantitative estimate of drug-likeness (QED) is 0.829. The molecule has 0 saturated heterocycles. The standard InChI is InChI=1S/C13H22N2O3/c1-13(2,9-16)15(3)8-10-12(18-5)11(17-4)6-7-14-10/h6-7,16H,8-9H2,1-5H3. The van der Waals surface area contributed by atoms with Crippen LogP contribution in [0, 0.1) is 0 Å². The smallest absolute Gasteiger partial charge is 0.183 e. The van der Waals surface area contributed by atoms with Gasteiger partial charge in [0.1, 0.15) is 5.69 Å². The van der Waals surface area contributed by atoms with Crippen LogP contribution in [0.25, 0.3) is 0 Å². The van der Waals surface area contributed by atoms with E-state index in [1.807, 2.05) is 25.8 Å². The van der Waals surface area contributed by atoms with Gasteiger partial charge in [0.25, 0.3) is 0 Å². The fraction of sp³-hybridized carbons (Fsp3) is 0.615. The number of aliphatic hydroxyl groups is 1. The molecular formula is C13H22N2O3. The molecule has 0 aromatic carbocycles. The van der Waals surface area contributed by atoms with Crippen LogP contribution in [0.5, 0.6) is 11.5 Å². The normalized spacial score (nSPS) is 11.7. The highest BCUT2D eigenvalue weighted by molar-refractivity contribution is 5.42. The topological polar surface area (TPSA) is 54.8 Å². The van der Waals surface area contributed by atoms with E-state index in [4.69, 9.17) is 9.47 Å². The maximum atomic E-state index is 9.35. The maximum absolute atomic E-state index is 9.35. The highest BCUT2D eigenvalue weighted by atomic mass is 16.5. The molecule has 102 valence electrons. The maximum Gasteiger partial charge on any atom is 0.183 e. The van der Waals surface area contributed by atoms with Gasteiger partial charge in [-0.25, -0.2) is 0 Å². The van der Waals surface area contributed by atoms with E-state index < -0.39 is 0 Å². The number of pyridine rings is 1. The largest absolute Gasteiger partial charge is 0.493 e. The highest BCUT2D eigenvalue weighted by Crippen LogP contribution is 2.30. The van der Waals surface area contributed by atoms with E-state index in [1.165, 1.54) is 0 Å². The number of hydrogen-bond acceptors (Lipinski definition) is 5. The molecule has 1 N–H and O–H groups in total. The minimum absolute atomic E-state index is 0.0792. The van der Waals surface area contributed by atoms with Crippen molar-refractivity contribution in [3.05, 3.63) is 18.0 Å². The van der Waals surface area contributed by atoms with Crippen LogP contribution in [-0.4, -0.2) is 48.4 Å². The van der Waals surface area contributed by atoms with Crippen molar-refractivity contribution < 1.29 is 14.6 Å². The third-order valence-corrected chi connectivity index (χ3v) is 3.17. The third-order valence-electron chi connectivity index (χ3n) is 3.17. The third kappa shape index (κ3) is 3.11. The monoisotopic (exact) mass is 254 g/mol. The number of likely N-dealkylation sites (N-methyl/N-ethyl adjacent to an activating group) is 1. The van der Waals surface area contributed by atoms with Crippen LogP contribution in [0.3, 0.4) is 0 Å². The molecular weight excluding hydrogens is 232 g/mol. The molecule has 0 radical (unpaired) electrons. The van der Waals surface area contributed by atoms with Gasteiger partial charge in [-0.05, 0) is 20.9 Å².